The molecule has 1 aliphatic rings. The van der Waals surface area contributed by atoms with Crippen LogP contribution in [0.25, 0.3) is 0 Å². The predicted octanol–water partition coefficient (Wildman–Crippen LogP) is 4.33. The molecule has 1 atom stereocenters. The molecule has 2 heterocycles. The molecule has 0 saturated heterocycles. The van der Waals surface area contributed by atoms with Gasteiger partial charge < -0.3 is 14.6 Å². The lowest BCUT2D eigenvalue weighted by atomic mass is 9.93. The van der Waals surface area contributed by atoms with Crippen molar-refractivity contribution in [2.24, 2.45) is 0 Å². The van der Waals surface area contributed by atoms with Crippen LogP contribution < -0.4 is 14.4 Å². The summed E-state index contributed by atoms with van der Waals surface area (Å²) in [5.74, 6) is -0.397. The molecule has 1 N–H and O–H groups in total. The zero-order valence-corrected chi connectivity index (χ0v) is 17.8. The number of hydrogen-bond acceptors (Lipinski definition) is 7. The van der Waals surface area contributed by atoms with Gasteiger partial charge in [0, 0.05) is 17.1 Å². The first kappa shape index (κ1) is 20.6. The number of hydrogen-bond donors (Lipinski definition) is 1. The minimum absolute atomic E-state index is 0.00882. The van der Waals surface area contributed by atoms with Crippen molar-refractivity contribution < 1.29 is 24.2 Å². The molecule has 4 rings (SSSR count). The number of carbonyl (C=O) groups is 2. The molecule has 1 aliphatic heterocycles. The SMILES string of the molecule is CCOc1ccc(C(=O)C2=C(O)C(=O)N(c3nccs3)C2c2ccc(OC)cc2)cc1. The molecule has 0 spiro atoms. The number of amides is 1. The van der Waals surface area contributed by atoms with Crippen LogP contribution in [0.2, 0.25) is 0 Å². The molecule has 0 fully saturated rings. The lowest BCUT2D eigenvalue weighted by Crippen LogP contribution is -2.30. The number of nitrogens with zero attached hydrogens (tertiary/aromatic N) is 2. The van der Waals surface area contributed by atoms with Gasteiger partial charge in [0.05, 0.1) is 25.3 Å². The van der Waals surface area contributed by atoms with Crippen LogP contribution in [-0.4, -0.2) is 35.5 Å². The van der Waals surface area contributed by atoms with Gasteiger partial charge in [-0.3, -0.25) is 14.5 Å². The largest absolute Gasteiger partial charge is 0.503 e. The van der Waals surface area contributed by atoms with Gasteiger partial charge in [-0.25, -0.2) is 4.98 Å². The fourth-order valence-corrected chi connectivity index (χ4v) is 4.16. The smallest absolute Gasteiger partial charge is 0.296 e. The summed E-state index contributed by atoms with van der Waals surface area (Å²) >= 11 is 1.25. The number of ether oxygens (including phenoxy) is 2. The van der Waals surface area contributed by atoms with E-state index >= 15 is 0 Å². The van der Waals surface area contributed by atoms with Gasteiger partial charge in [0.25, 0.3) is 5.91 Å². The van der Waals surface area contributed by atoms with Crippen molar-refractivity contribution >= 4 is 28.2 Å². The molecule has 158 valence electrons. The first-order valence-electron chi connectivity index (χ1n) is 9.62. The fourth-order valence-electron chi connectivity index (χ4n) is 3.50. The van der Waals surface area contributed by atoms with Crippen molar-refractivity contribution in [2.45, 2.75) is 13.0 Å². The summed E-state index contributed by atoms with van der Waals surface area (Å²) in [5.41, 5.74) is 1.01. The molecule has 0 radical (unpaired) electrons. The third-order valence-corrected chi connectivity index (χ3v) is 5.71. The molecule has 7 nitrogen and oxygen atoms in total. The molecule has 1 amide bonds. The van der Waals surface area contributed by atoms with Gasteiger partial charge in [0.1, 0.15) is 11.5 Å². The minimum Gasteiger partial charge on any atom is -0.503 e. The highest BCUT2D eigenvalue weighted by Gasteiger charge is 2.45. The van der Waals surface area contributed by atoms with Gasteiger partial charge in [0.15, 0.2) is 16.7 Å². The van der Waals surface area contributed by atoms with Gasteiger partial charge in [-0.05, 0) is 48.9 Å². The zero-order chi connectivity index (χ0) is 22.0. The summed E-state index contributed by atoms with van der Waals surface area (Å²) in [4.78, 5) is 32.0. The Labute approximate surface area is 183 Å². The lowest BCUT2D eigenvalue weighted by Gasteiger charge is -2.24. The Morgan fingerprint density at radius 2 is 1.81 bits per heavy atom. The minimum atomic E-state index is -0.816. The van der Waals surface area contributed by atoms with Crippen molar-refractivity contribution in [3.05, 3.63) is 82.6 Å². The van der Waals surface area contributed by atoms with Gasteiger partial charge in [-0.15, -0.1) is 11.3 Å². The molecular formula is C23H20N2O5S. The average Bonchev–Trinajstić information content (AvgIpc) is 3.41. The Morgan fingerprint density at radius 1 is 1.13 bits per heavy atom. The molecule has 1 unspecified atom stereocenters. The van der Waals surface area contributed by atoms with E-state index in [-0.39, 0.29) is 5.57 Å². The Kier molecular flexibility index (Phi) is 5.73. The lowest BCUT2D eigenvalue weighted by molar-refractivity contribution is -0.117. The van der Waals surface area contributed by atoms with Crippen molar-refractivity contribution in [3.8, 4) is 11.5 Å². The van der Waals surface area contributed by atoms with E-state index in [1.165, 1.54) is 16.2 Å². The topological polar surface area (TPSA) is 89.0 Å². The van der Waals surface area contributed by atoms with Crippen molar-refractivity contribution in [2.75, 3.05) is 18.6 Å². The highest BCUT2D eigenvalue weighted by molar-refractivity contribution is 7.13. The van der Waals surface area contributed by atoms with Crippen LogP contribution in [0.4, 0.5) is 5.13 Å². The van der Waals surface area contributed by atoms with Gasteiger partial charge >= 0.3 is 0 Å². The number of aromatic nitrogens is 1. The number of aliphatic hydroxyl groups excluding tert-OH is 1. The highest BCUT2D eigenvalue weighted by atomic mass is 32.1. The normalized spacial score (nSPS) is 16.0. The van der Waals surface area contributed by atoms with Crippen LogP contribution in [0.3, 0.4) is 0 Å². The van der Waals surface area contributed by atoms with E-state index in [0.717, 1.165) is 0 Å². The maximum absolute atomic E-state index is 13.4. The van der Waals surface area contributed by atoms with Crippen molar-refractivity contribution in [1.29, 1.82) is 0 Å². The third-order valence-electron chi connectivity index (χ3n) is 4.94. The van der Waals surface area contributed by atoms with E-state index in [1.807, 2.05) is 6.92 Å². The highest BCUT2D eigenvalue weighted by Crippen LogP contribution is 2.42. The first-order chi connectivity index (χ1) is 15.0. The average molecular weight is 436 g/mol. The standard InChI is InChI=1S/C23H20N2O5S/c1-3-30-17-10-6-15(7-11-17)20(26)18-19(14-4-8-16(29-2)9-5-14)25(22(28)21(18)27)23-24-12-13-31-23/h4-13,19,27H,3H2,1-2H3. The Morgan fingerprint density at radius 3 is 2.39 bits per heavy atom. The first-order valence-corrected chi connectivity index (χ1v) is 10.5. The second kappa shape index (κ2) is 8.61. The number of anilines is 1. The Hall–Kier alpha value is -3.65. The summed E-state index contributed by atoms with van der Waals surface area (Å²) in [5, 5.41) is 12.9. The molecule has 0 aliphatic carbocycles. The second-order valence-corrected chi connectivity index (χ2v) is 7.59. The van der Waals surface area contributed by atoms with Crippen LogP contribution in [-0.2, 0) is 4.79 Å². The number of rotatable bonds is 7. The summed E-state index contributed by atoms with van der Waals surface area (Å²) < 4.78 is 10.6. The maximum Gasteiger partial charge on any atom is 0.296 e. The number of methoxy groups -OCH3 is 1. The van der Waals surface area contributed by atoms with Gasteiger partial charge in [0.2, 0.25) is 0 Å². The van der Waals surface area contributed by atoms with E-state index in [9.17, 15) is 14.7 Å². The number of thiazole rings is 1. The second-order valence-electron chi connectivity index (χ2n) is 6.71. The molecule has 8 heteroatoms. The zero-order valence-electron chi connectivity index (χ0n) is 16.9. The van der Waals surface area contributed by atoms with E-state index < -0.39 is 23.5 Å². The molecule has 0 saturated carbocycles. The molecule has 0 bridgehead atoms. The van der Waals surface area contributed by atoms with Crippen LogP contribution in [0.15, 0.2) is 71.4 Å². The van der Waals surface area contributed by atoms with Crippen molar-refractivity contribution in [1.82, 2.24) is 4.98 Å². The third kappa shape index (κ3) is 3.77. The van der Waals surface area contributed by atoms with Gasteiger partial charge in [-0.1, -0.05) is 12.1 Å². The summed E-state index contributed by atoms with van der Waals surface area (Å²) in [7, 11) is 1.56. The Bertz CT molecular complexity index is 1120. The molecule has 31 heavy (non-hydrogen) atoms. The molecule has 3 aromatic rings. The molecular weight excluding hydrogens is 416 g/mol. The van der Waals surface area contributed by atoms with Crippen LogP contribution in [0.1, 0.15) is 28.9 Å². The Balaban J connectivity index is 1.79. The number of aliphatic hydroxyl groups is 1. The van der Waals surface area contributed by atoms with Crippen molar-refractivity contribution in [3.63, 3.8) is 0 Å². The quantitative estimate of drug-likeness (QED) is 0.555. The number of ketones is 1. The van der Waals surface area contributed by atoms with E-state index in [0.29, 0.717) is 34.4 Å². The fraction of sp³-hybridized carbons (Fsp3) is 0.174. The van der Waals surface area contributed by atoms with Crippen LogP contribution in [0, 0.1) is 0 Å². The summed E-state index contributed by atoms with van der Waals surface area (Å²) in [6.45, 7) is 2.38. The van der Waals surface area contributed by atoms with Gasteiger partial charge in [-0.2, -0.15) is 0 Å². The van der Waals surface area contributed by atoms with Crippen LogP contribution in [0.5, 0.6) is 11.5 Å². The maximum atomic E-state index is 13.4. The summed E-state index contributed by atoms with van der Waals surface area (Å²) in [6, 6.07) is 12.8. The van der Waals surface area contributed by atoms with E-state index in [4.69, 9.17) is 9.47 Å². The number of Topliss-reactive ketones (excluding diaryl/α,β-unsaturated/α-hetero) is 1. The van der Waals surface area contributed by atoms with E-state index in [1.54, 1.807) is 67.2 Å². The van der Waals surface area contributed by atoms with Crippen LogP contribution >= 0.6 is 11.3 Å². The number of carbonyl (C=O) groups excluding carboxylic acids is 2. The molecule has 1 aromatic heterocycles. The molecule has 2 aromatic carbocycles. The van der Waals surface area contributed by atoms with E-state index in [2.05, 4.69) is 4.98 Å². The summed E-state index contributed by atoms with van der Waals surface area (Å²) in [6.07, 6.45) is 1.57. The predicted molar refractivity (Wildman–Crippen MR) is 117 cm³/mol. The number of benzene rings is 2. The monoisotopic (exact) mass is 436 g/mol.